The Balaban J connectivity index is 2.54. The molecule has 1 unspecified atom stereocenters. The number of hydrogen-bond acceptors (Lipinski definition) is 4. The molecule has 0 saturated heterocycles. The molecule has 1 aliphatic heterocycles. The molecule has 0 radical (unpaired) electrons. The lowest BCUT2D eigenvalue weighted by molar-refractivity contribution is 0.264. The van der Waals surface area contributed by atoms with Gasteiger partial charge in [-0.25, -0.2) is 0 Å². The molecule has 1 aliphatic rings. The summed E-state index contributed by atoms with van der Waals surface area (Å²) < 4.78 is 6.01. The van der Waals surface area contributed by atoms with Crippen LogP contribution in [0.3, 0.4) is 0 Å². The van der Waals surface area contributed by atoms with Crippen LogP contribution >= 0.6 is 15.9 Å². The van der Waals surface area contributed by atoms with Crippen LogP contribution in [0.4, 0.5) is 0 Å². The highest BCUT2D eigenvalue weighted by molar-refractivity contribution is 9.10. The molecule has 0 amide bonds. The van der Waals surface area contributed by atoms with Crippen LogP contribution in [-0.2, 0) is 6.42 Å². The number of aliphatic hydroxyl groups excluding tert-OH is 1. The third-order valence-electron chi connectivity index (χ3n) is 2.54. The van der Waals surface area contributed by atoms with E-state index >= 15 is 0 Å². The zero-order valence-corrected chi connectivity index (χ0v) is 9.62. The lowest BCUT2D eigenvalue weighted by Gasteiger charge is -2.14. The Hall–Kier alpha value is -0.780. The van der Waals surface area contributed by atoms with Crippen LogP contribution in [-0.4, -0.2) is 23.4 Å². The molecule has 4 N–H and O–H groups in total. The van der Waals surface area contributed by atoms with Crippen molar-refractivity contribution in [3.8, 4) is 11.5 Å². The van der Waals surface area contributed by atoms with Crippen molar-refractivity contribution in [1.29, 1.82) is 0 Å². The van der Waals surface area contributed by atoms with Crippen molar-refractivity contribution in [2.24, 2.45) is 5.73 Å². The van der Waals surface area contributed by atoms with Gasteiger partial charge >= 0.3 is 0 Å². The highest BCUT2D eigenvalue weighted by atomic mass is 79.9. The molecule has 0 spiro atoms. The number of phenols is 1. The average Bonchev–Trinajstić information content (AvgIpc) is 2.70. The Morgan fingerprint density at radius 2 is 2.33 bits per heavy atom. The third-order valence-corrected chi connectivity index (χ3v) is 3.39. The average molecular weight is 274 g/mol. The maximum absolute atomic E-state index is 9.87. The summed E-state index contributed by atoms with van der Waals surface area (Å²) in [5.74, 6) is 0.833. The second-order valence-corrected chi connectivity index (χ2v) is 4.29. The van der Waals surface area contributed by atoms with Crippen LogP contribution in [0.1, 0.15) is 17.2 Å². The number of nitrogens with two attached hydrogens (primary N) is 1. The molecule has 15 heavy (non-hydrogen) atoms. The van der Waals surface area contributed by atoms with Crippen LogP contribution in [0.5, 0.6) is 11.5 Å². The Kier molecular flexibility index (Phi) is 2.86. The quantitative estimate of drug-likeness (QED) is 0.754. The van der Waals surface area contributed by atoms with E-state index in [2.05, 4.69) is 15.9 Å². The van der Waals surface area contributed by atoms with E-state index in [9.17, 15) is 5.11 Å². The van der Waals surface area contributed by atoms with Gasteiger partial charge in [0.25, 0.3) is 0 Å². The van der Waals surface area contributed by atoms with Crippen LogP contribution < -0.4 is 10.5 Å². The number of phenolic OH excluding ortho intramolecular Hbond substituents is 1. The summed E-state index contributed by atoms with van der Waals surface area (Å²) in [5.41, 5.74) is 7.14. The number of ether oxygens (including phenoxy) is 1. The first-order chi connectivity index (χ1) is 7.15. The van der Waals surface area contributed by atoms with E-state index in [0.29, 0.717) is 16.6 Å². The molecule has 82 valence electrons. The standard InChI is InChI=1S/C10H12BrNO3/c11-9-5-1-2-15-8(5)3-6(10(9)14)7(12)4-13/h3,7,13-14H,1-2,4,12H2. The number of aromatic hydroxyl groups is 1. The first-order valence-corrected chi connectivity index (χ1v) is 5.48. The maximum atomic E-state index is 9.87. The van der Waals surface area contributed by atoms with Gasteiger partial charge in [-0.2, -0.15) is 0 Å². The van der Waals surface area contributed by atoms with Gasteiger partial charge in [-0.1, -0.05) is 0 Å². The molecule has 2 rings (SSSR count). The van der Waals surface area contributed by atoms with E-state index in [1.165, 1.54) is 0 Å². The molecule has 1 atom stereocenters. The summed E-state index contributed by atoms with van der Waals surface area (Å²) in [4.78, 5) is 0. The SMILES string of the molecule is NC(CO)c1cc2c(c(Br)c1O)CCO2. The number of aliphatic hydroxyl groups is 1. The Bertz CT molecular complexity index is 395. The normalized spacial score (nSPS) is 15.9. The van der Waals surface area contributed by atoms with Gasteiger partial charge in [0.2, 0.25) is 0 Å². The molecule has 0 aromatic heterocycles. The van der Waals surface area contributed by atoms with Gasteiger partial charge in [0.05, 0.1) is 23.7 Å². The van der Waals surface area contributed by atoms with Gasteiger partial charge in [-0.15, -0.1) is 0 Å². The van der Waals surface area contributed by atoms with E-state index < -0.39 is 6.04 Å². The van der Waals surface area contributed by atoms with E-state index in [0.717, 1.165) is 17.7 Å². The lowest BCUT2D eigenvalue weighted by atomic mass is 10.0. The minimum atomic E-state index is -0.587. The summed E-state index contributed by atoms with van der Waals surface area (Å²) in [7, 11) is 0. The smallest absolute Gasteiger partial charge is 0.135 e. The number of halogens is 1. The fourth-order valence-electron chi connectivity index (χ4n) is 1.68. The molecule has 0 saturated carbocycles. The summed E-state index contributed by atoms with van der Waals surface area (Å²) in [6, 6.07) is 1.11. The highest BCUT2D eigenvalue weighted by Gasteiger charge is 2.23. The Morgan fingerprint density at radius 3 is 3.00 bits per heavy atom. The molecule has 5 heteroatoms. The second kappa shape index (κ2) is 4.00. The Labute approximate surface area is 95.8 Å². The largest absolute Gasteiger partial charge is 0.506 e. The maximum Gasteiger partial charge on any atom is 0.135 e. The van der Waals surface area contributed by atoms with E-state index in [1.54, 1.807) is 6.07 Å². The molecule has 1 heterocycles. The van der Waals surface area contributed by atoms with Crippen molar-refractivity contribution in [2.75, 3.05) is 13.2 Å². The minimum absolute atomic E-state index is 0.0980. The van der Waals surface area contributed by atoms with Gasteiger partial charge in [-0.3, -0.25) is 0 Å². The van der Waals surface area contributed by atoms with Crippen molar-refractivity contribution >= 4 is 15.9 Å². The summed E-state index contributed by atoms with van der Waals surface area (Å²) in [5, 5.41) is 18.8. The molecular formula is C10H12BrNO3. The van der Waals surface area contributed by atoms with Gasteiger partial charge in [0.1, 0.15) is 11.5 Å². The van der Waals surface area contributed by atoms with Crippen LogP contribution in [0.15, 0.2) is 10.5 Å². The first-order valence-electron chi connectivity index (χ1n) is 4.68. The predicted molar refractivity (Wildman–Crippen MR) is 59.0 cm³/mol. The number of rotatable bonds is 2. The van der Waals surface area contributed by atoms with E-state index in [4.69, 9.17) is 15.6 Å². The fraction of sp³-hybridized carbons (Fsp3) is 0.400. The first kappa shape index (κ1) is 10.7. The third kappa shape index (κ3) is 1.71. The number of hydrogen-bond donors (Lipinski definition) is 3. The predicted octanol–water partition coefficient (Wildman–Crippen LogP) is 1.08. The van der Waals surface area contributed by atoms with Gasteiger partial charge in [0, 0.05) is 17.5 Å². The molecule has 0 aliphatic carbocycles. The van der Waals surface area contributed by atoms with Crippen molar-refractivity contribution < 1.29 is 14.9 Å². The van der Waals surface area contributed by atoms with Crippen molar-refractivity contribution in [3.63, 3.8) is 0 Å². The van der Waals surface area contributed by atoms with Crippen LogP contribution in [0.2, 0.25) is 0 Å². The molecule has 4 nitrogen and oxygen atoms in total. The van der Waals surface area contributed by atoms with Gasteiger partial charge in [-0.05, 0) is 22.0 Å². The number of fused-ring (bicyclic) bond motifs is 1. The molecule has 1 aromatic carbocycles. The lowest BCUT2D eigenvalue weighted by Crippen LogP contribution is -2.14. The summed E-state index contributed by atoms with van der Waals surface area (Å²) in [6.07, 6.45) is 0.776. The Morgan fingerprint density at radius 1 is 1.60 bits per heavy atom. The van der Waals surface area contributed by atoms with E-state index in [-0.39, 0.29) is 12.4 Å². The minimum Gasteiger partial charge on any atom is -0.506 e. The van der Waals surface area contributed by atoms with Gasteiger partial charge < -0.3 is 20.7 Å². The topological polar surface area (TPSA) is 75.7 Å². The zero-order chi connectivity index (χ0) is 11.0. The molecule has 1 aromatic rings. The molecule has 0 fully saturated rings. The number of benzene rings is 1. The monoisotopic (exact) mass is 273 g/mol. The van der Waals surface area contributed by atoms with Crippen molar-refractivity contribution in [3.05, 3.63) is 21.7 Å². The van der Waals surface area contributed by atoms with Crippen LogP contribution in [0.25, 0.3) is 0 Å². The summed E-state index contributed by atoms with van der Waals surface area (Å²) in [6.45, 7) is 0.407. The second-order valence-electron chi connectivity index (χ2n) is 3.49. The van der Waals surface area contributed by atoms with E-state index in [1.807, 2.05) is 0 Å². The van der Waals surface area contributed by atoms with Gasteiger partial charge in [0.15, 0.2) is 0 Å². The molecular weight excluding hydrogens is 262 g/mol. The van der Waals surface area contributed by atoms with Crippen LogP contribution in [0, 0.1) is 0 Å². The molecule has 0 bridgehead atoms. The van der Waals surface area contributed by atoms with Crippen molar-refractivity contribution in [1.82, 2.24) is 0 Å². The fourth-order valence-corrected chi connectivity index (χ4v) is 2.30. The zero-order valence-electron chi connectivity index (χ0n) is 8.03. The summed E-state index contributed by atoms with van der Waals surface area (Å²) >= 11 is 3.31. The highest BCUT2D eigenvalue weighted by Crippen LogP contribution is 2.42. The van der Waals surface area contributed by atoms with Crippen molar-refractivity contribution in [2.45, 2.75) is 12.5 Å².